The summed E-state index contributed by atoms with van der Waals surface area (Å²) in [5, 5.41) is 8.28. The molecule has 0 aliphatic heterocycles. The first-order valence-electron chi connectivity index (χ1n) is 2.55. The zero-order valence-corrected chi connectivity index (χ0v) is 4.80. The minimum Gasteiger partial charge on any atom is -0.329 e. The second kappa shape index (κ2) is 4.77. The summed E-state index contributed by atoms with van der Waals surface area (Å²) in [5.74, 6) is 0. The van der Waals surface area contributed by atoms with Gasteiger partial charge in [0.2, 0.25) is 0 Å². The van der Waals surface area contributed by atoms with Crippen LogP contribution in [0.2, 0.25) is 0 Å². The molecule has 0 amide bonds. The molecule has 1 unspecified atom stereocenters. The Kier molecular flexibility index (Phi) is 4.54. The van der Waals surface area contributed by atoms with Gasteiger partial charge in [0.1, 0.15) is 0 Å². The summed E-state index contributed by atoms with van der Waals surface area (Å²) in [5.41, 5.74) is 7.26. The summed E-state index contributed by atoms with van der Waals surface area (Å²) in [6.45, 7) is 3.92. The Labute approximate surface area is 49.1 Å². The maximum absolute atomic E-state index is 8.28. The van der Waals surface area contributed by atoms with Crippen molar-refractivity contribution in [1.82, 2.24) is 5.48 Å². The fraction of sp³-hybridized carbons (Fsp3) is 0.600. The van der Waals surface area contributed by atoms with Gasteiger partial charge in [-0.05, 0) is 6.42 Å². The van der Waals surface area contributed by atoms with Crippen molar-refractivity contribution in [2.75, 3.05) is 6.54 Å². The van der Waals surface area contributed by atoms with Crippen LogP contribution in [-0.2, 0) is 0 Å². The normalized spacial score (nSPS) is 13.2. The highest BCUT2D eigenvalue weighted by molar-refractivity contribution is 4.75. The van der Waals surface area contributed by atoms with Crippen molar-refractivity contribution in [3.63, 3.8) is 0 Å². The van der Waals surface area contributed by atoms with E-state index >= 15 is 0 Å². The molecule has 0 aliphatic rings. The highest BCUT2D eigenvalue weighted by Crippen LogP contribution is 1.86. The van der Waals surface area contributed by atoms with Crippen molar-refractivity contribution < 1.29 is 5.21 Å². The molecule has 3 heteroatoms. The number of hydroxylamine groups is 1. The maximum atomic E-state index is 8.28. The van der Waals surface area contributed by atoms with Gasteiger partial charge in [0.15, 0.2) is 0 Å². The average Bonchev–Trinajstić information content (AvgIpc) is 1.83. The molecule has 8 heavy (non-hydrogen) atoms. The van der Waals surface area contributed by atoms with Gasteiger partial charge in [-0.2, -0.15) is 0 Å². The Bertz CT molecular complexity index is 61.4. The van der Waals surface area contributed by atoms with Crippen LogP contribution in [0.5, 0.6) is 0 Å². The minimum atomic E-state index is -0.0347. The summed E-state index contributed by atoms with van der Waals surface area (Å²) in [6.07, 6.45) is 2.41. The lowest BCUT2D eigenvalue weighted by molar-refractivity contribution is 0.129. The Balaban J connectivity index is 3.20. The third-order valence-corrected chi connectivity index (χ3v) is 0.918. The van der Waals surface area contributed by atoms with E-state index in [0.29, 0.717) is 13.0 Å². The first-order chi connectivity index (χ1) is 3.85. The summed E-state index contributed by atoms with van der Waals surface area (Å²) in [6, 6.07) is -0.0347. The van der Waals surface area contributed by atoms with E-state index in [4.69, 9.17) is 10.9 Å². The SMILES string of the molecule is C=CCC(CN)NO. The van der Waals surface area contributed by atoms with Gasteiger partial charge in [-0.1, -0.05) is 6.08 Å². The monoisotopic (exact) mass is 116 g/mol. The van der Waals surface area contributed by atoms with Gasteiger partial charge in [0.05, 0.1) is 0 Å². The summed E-state index contributed by atoms with van der Waals surface area (Å²) in [7, 11) is 0. The molecule has 0 aromatic carbocycles. The predicted molar refractivity (Wildman–Crippen MR) is 32.6 cm³/mol. The van der Waals surface area contributed by atoms with E-state index in [0.717, 1.165) is 0 Å². The third-order valence-electron chi connectivity index (χ3n) is 0.918. The van der Waals surface area contributed by atoms with Crippen molar-refractivity contribution in [2.24, 2.45) is 5.73 Å². The van der Waals surface area contributed by atoms with Gasteiger partial charge in [-0.15, -0.1) is 6.58 Å². The Hall–Kier alpha value is -0.380. The van der Waals surface area contributed by atoms with E-state index in [1.807, 2.05) is 0 Å². The van der Waals surface area contributed by atoms with Crippen molar-refractivity contribution >= 4 is 0 Å². The third kappa shape index (κ3) is 2.74. The average molecular weight is 116 g/mol. The number of hydrogen-bond acceptors (Lipinski definition) is 3. The number of hydrogen-bond donors (Lipinski definition) is 3. The van der Waals surface area contributed by atoms with E-state index in [1.165, 1.54) is 0 Å². The lowest BCUT2D eigenvalue weighted by Crippen LogP contribution is -2.32. The molecule has 0 saturated carbocycles. The first kappa shape index (κ1) is 7.62. The van der Waals surface area contributed by atoms with Crippen LogP contribution in [0.1, 0.15) is 6.42 Å². The fourth-order valence-corrected chi connectivity index (χ4v) is 0.403. The molecular formula is C5H12N2O. The van der Waals surface area contributed by atoms with Gasteiger partial charge in [-0.3, -0.25) is 0 Å². The molecule has 0 saturated heterocycles. The smallest absolute Gasteiger partial charge is 0.0476 e. The zero-order chi connectivity index (χ0) is 6.41. The minimum absolute atomic E-state index is 0.0347. The van der Waals surface area contributed by atoms with Gasteiger partial charge in [0.25, 0.3) is 0 Å². The lowest BCUT2D eigenvalue weighted by atomic mass is 10.2. The zero-order valence-electron chi connectivity index (χ0n) is 4.80. The quantitative estimate of drug-likeness (QED) is 0.354. The number of nitrogens with two attached hydrogens (primary N) is 1. The maximum Gasteiger partial charge on any atom is 0.0476 e. The fourth-order valence-electron chi connectivity index (χ4n) is 0.403. The molecule has 0 bridgehead atoms. The van der Waals surface area contributed by atoms with E-state index in [2.05, 4.69) is 12.1 Å². The number of nitrogens with one attached hydrogen (secondary N) is 1. The predicted octanol–water partition coefficient (Wildman–Crippen LogP) is -0.131. The van der Waals surface area contributed by atoms with E-state index in [-0.39, 0.29) is 6.04 Å². The Morgan fingerprint density at radius 1 is 1.88 bits per heavy atom. The van der Waals surface area contributed by atoms with Crippen LogP contribution in [0.3, 0.4) is 0 Å². The van der Waals surface area contributed by atoms with Gasteiger partial charge in [0, 0.05) is 12.6 Å². The van der Waals surface area contributed by atoms with Crippen LogP contribution in [0, 0.1) is 0 Å². The molecule has 0 aromatic rings. The molecule has 1 atom stereocenters. The molecular weight excluding hydrogens is 104 g/mol. The van der Waals surface area contributed by atoms with Crippen LogP contribution in [-0.4, -0.2) is 17.8 Å². The molecule has 0 spiro atoms. The molecule has 0 aromatic heterocycles. The topological polar surface area (TPSA) is 58.3 Å². The molecule has 0 aliphatic carbocycles. The van der Waals surface area contributed by atoms with E-state index < -0.39 is 0 Å². The van der Waals surface area contributed by atoms with Crippen LogP contribution < -0.4 is 11.2 Å². The van der Waals surface area contributed by atoms with Crippen molar-refractivity contribution in [2.45, 2.75) is 12.5 Å². The Morgan fingerprint density at radius 2 is 2.50 bits per heavy atom. The van der Waals surface area contributed by atoms with Gasteiger partial charge < -0.3 is 10.9 Å². The second-order valence-corrected chi connectivity index (χ2v) is 1.59. The number of rotatable bonds is 4. The van der Waals surface area contributed by atoms with Crippen LogP contribution >= 0.6 is 0 Å². The second-order valence-electron chi connectivity index (χ2n) is 1.59. The molecule has 4 N–H and O–H groups in total. The molecule has 48 valence electrons. The highest BCUT2D eigenvalue weighted by atomic mass is 16.5. The van der Waals surface area contributed by atoms with E-state index in [9.17, 15) is 0 Å². The van der Waals surface area contributed by atoms with E-state index in [1.54, 1.807) is 6.08 Å². The van der Waals surface area contributed by atoms with Crippen LogP contribution in [0.25, 0.3) is 0 Å². The van der Waals surface area contributed by atoms with Crippen LogP contribution in [0.15, 0.2) is 12.7 Å². The van der Waals surface area contributed by atoms with Gasteiger partial charge >= 0.3 is 0 Å². The molecule has 3 nitrogen and oxygen atoms in total. The largest absolute Gasteiger partial charge is 0.329 e. The Morgan fingerprint density at radius 3 is 2.62 bits per heavy atom. The first-order valence-corrected chi connectivity index (χ1v) is 2.55. The van der Waals surface area contributed by atoms with Crippen molar-refractivity contribution in [3.8, 4) is 0 Å². The van der Waals surface area contributed by atoms with Crippen molar-refractivity contribution in [3.05, 3.63) is 12.7 Å². The molecule has 0 fully saturated rings. The highest BCUT2D eigenvalue weighted by Gasteiger charge is 1.98. The molecule has 0 heterocycles. The standard InChI is InChI=1S/C5H12N2O/c1-2-3-5(4-6)7-8/h2,5,7-8H,1,3-4,6H2. The van der Waals surface area contributed by atoms with Crippen LogP contribution in [0.4, 0.5) is 0 Å². The summed E-state index contributed by atoms with van der Waals surface area (Å²) < 4.78 is 0. The lowest BCUT2D eigenvalue weighted by Gasteiger charge is -2.07. The summed E-state index contributed by atoms with van der Waals surface area (Å²) >= 11 is 0. The molecule has 0 rings (SSSR count). The molecule has 0 radical (unpaired) electrons. The van der Waals surface area contributed by atoms with Gasteiger partial charge in [-0.25, -0.2) is 5.48 Å². The summed E-state index contributed by atoms with van der Waals surface area (Å²) in [4.78, 5) is 0. The van der Waals surface area contributed by atoms with Crippen molar-refractivity contribution in [1.29, 1.82) is 0 Å².